The van der Waals surface area contributed by atoms with Crippen molar-refractivity contribution < 1.29 is 9.47 Å². The molecule has 0 saturated carbocycles. The number of hydrogen-bond acceptors (Lipinski definition) is 2. The zero-order valence-electron chi connectivity index (χ0n) is 31.2. The summed E-state index contributed by atoms with van der Waals surface area (Å²) in [5.41, 5.74) is 0. The van der Waals surface area contributed by atoms with Gasteiger partial charge >= 0.3 is 0 Å². The van der Waals surface area contributed by atoms with Gasteiger partial charge in [0.25, 0.3) is 0 Å². The lowest BCUT2D eigenvalue weighted by atomic mass is 9.99. The van der Waals surface area contributed by atoms with Gasteiger partial charge in [-0.05, 0) is 89.9 Å². The maximum atomic E-state index is 6.58. The minimum absolute atomic E-state index is 0.298. The Balaban J connectivity index is 2.11. The van der Waals surface area contributed by atoms with Crippen molar-refractivity contribution in [2.24, 2.45) is 0 Å². The third-order valence-electron chi connectivity index (χ3n) is 9.23. The topological polar surface area (TPSA) is 18.5 Å². The molecule has 266 valence electrons. The Morgan fingerprint density at radius 3 is 1.28 bits per heavy atom. The summed E-state index contributed by atoms with van der Waals surface area (Å²) in [4.78, 5) is 0. The van der Waals surface area contributed by atoms with Gasteiger partial charge in [-0.2, -0.15) is 0 Å². The normalized spacial score (nSPS) is 19.1. The van der Waals surface area contributed by atoms with Crippen molar-refractivity contribution in [2.75, 3.05) is 6.61 Å². The van der Waals surface area contributed by atoms with Crippen LogP contribution in [0.4, 0.5) is 0 Å². The molecule has 1 saturated heterocycles. The molecule has 0 aromatic heterocycles. The highest BCUT2D eigenvalue weighted by Crippen LogP contribution is 2.35. The van der Waals surface area contributed by atoms with E-state index in [1.54, 1.807) is 0 Å². The lowest BCUT2D eigenvalue weighted by molar-refractivity contribution is -0.179. The van der Waals surface area contributed by atoms with Gasteiger partial charge in [0.1, 0.15) is 0 Å². The maximum absolute atomic E-state index is 6.58. The second-order valence-electron chi connectivity index (χ2n) is 13.8. The summed E-state index contributed by atoms with van der Waals surface area (Å²) in [5.74, 6) is -0.315. The lowest BCUT2D eigenvalue weighted by Crippen LogP contribution is -2.31. The van der Waals surface area contributed by atoms with Crippen LogP contribution in [-0.4, -0.2) is 18.5 Å². The number of unbranched alkanes of at least 4 members (excludes halogenated alkanes) is 17. The molecule has 0 bridgehead atoms. The lowest BCUT2D eigenvalue weighted by Gasteiger charge is -2.28. The first-order chi connectivity index (χ1) is 22.8. The summed E-state index contributed by atoms with van der Waals surface area (Å²) in [5, 5.41) is 0. The Morgan fingerprint density at radius 2 is 0.804 bits per heavy atom. The molecule has 2 unspecified atom stereocenters. The molecule has 0 N–H and O–H groups in total. The zero-order chi connectivity index (χ0) is 33.1. The number of rotatable bonds is 33. The predicted octanol–water partition coefficient (Wildman–Crippen LogP) is 14.9. The van der Waals surface area contributed by atoms with Gasteiger partial charge in [-0.25, -0.2) is 0 Å². The fourth-order valence-electron chi connectivity index (χ4n) is 6.33. The molecule has 2 heteroatoms. The summed E-state index contributed by atoms with van der Waals surface area (Å²) in [6.07, 6.45) is 58.8. The monoisotopic (exact) mass is 639 g/mol. The molecular formula is C44H78O2. The van der Waals surface area contributed by atoms with Crippen LogP contribution in [0.5, 0.6) is 0 Å². The van der Waals surface area contributed by atoms with Gasteiger partial charge in [0, 0.05) is 12.8 Å². The van der Waals surface area contributed by atoms with Gasteiger partial charge in [-0.1, -0.05) is 159 Å². The molecule has 0 spiro atoms. The molecule has 1 rings (SSSR count). The Hall–Kier alpha value is -1.38. The first kappa shape index (κ1) is 42.6. The van der Waals surface area contributed by atoms with Crippen molar-refractivity contribution in [3.63, 3.8) is 0 Å². The van der Waals surface area contributed by atoms with Gasteiger partial charge in [0.05, 0.1) is 12.7 Å². The fraction of sp³-hybridized carbons (Fsp3) is 0.773. The van der Waals surface area contributed by atoms with Crippen LogP contribution in [0.1, 0.15) is 201 Å². The van der Waals surface area contributed by atoms with Crippen LogP contribution >= 0.6 is 0 Å². The van der Waals surface area contributed by atoms with E-state index >= 15 is 0 Å². The average Bonchev–Trinajstić information content (AvgIpc) is 3.46. The van der Waals surface area contributed by atoms with Gasteiger partial charge < -0.3 is 9.47 Å². The molecule has 0 aromatic rings. The van der Waals surface area contributed by atoms with Crippen LogP contribution in [0.2, 0.25) is 0 Å². The third-order valence-corrected chi connectivity index (χ3v) is 9.23. The number of hydrogen-bond donors (Lipinski definition) is 0. The highest BCUT2D eigenvalue weighted by atomic mass is 16.7. The van der Waals surface area contributed by atoms with Crippen molar-refractivity contribution in [3.8, 4) is 0 Å². The van der Waals surface area contributed by atoms with E-state index in [-0.39, 0.29) is 5.79 Å². The minimum Gasteiger partial charge on any atom is -0.347 e. The zero-order valence-corrected chi connectivity index (χ0v) is 31.2. The van der Waals surface area contributed by atoms with Crippen molar-refractivity contribution in [2.45, 2.75) is 212 Å². The molecule has 0 amide bonds. The molecule has 1 aliphatic rings. The molecule has 2 atom stereocenters. The van der Waals surface area contributed by atoms with E-state index in [1.807, 2.05) is 0 Å². The standard InChI is InChI=1S/C44H78O2/c1-4-7-9-11-13-15-17-19-21-23-24-26-28-30-32-34-36-38-41-44(45-42-43(46-44)39-6-3)40-37-35-33-31-29-27-25-22-20-18-16-14-12-10-8-5-2/h16-19,22-25,29,31,43H,4-15,20-21,26-28,30,32-42H2,1-3H3/b18-16-,19-17-,24-23-,25-22-,31-29-. The van der Waals surface area contributed by atoms with E-state index in [1.165, 1.54) is 135 Å². The van der Waals surface area contributed by atoms with Crippen LogP contribution in [0, 0.1) is 0 Å². The van der Waals surface area contributed by atoms with Gasteiger partial charge in [-0.15, -0.1) is 0 Å². The van der Waals surface area contributed by atoms with Crippen LogP contribution in [0.15, 0.2) is 60.8 Å². The molecule has 2 nitrogen and oxygen atoms in total. The van der Waals surface area contributed by atoms with E-state index in [0.717, 1.165) is 51.6 Å². The quantitative estimate of drug-likeness (QED) is 0.0526. The Labute approximate surface area is 288 Å². The summed E-state index contributed by atoms with van der Waals surface area (Å²) < 4.78 is 13.0. The van der Waals surface area contributed by atoms with E-state index in [9.17, 15) is 0 Å². The van der Waals surface area contributed by atoms with E-state index in [2.05, 4.69) is 81.5 Å². The highest BCUT2D eigenvalue weighted by molar-refractivity contribution is 4.97. The van der Waals surface area contributed by atoms with Crippen LogP contribution in [0.25, 0.3) is 0 Å². The Kier molecular flexibility index (Phi) is 31.1. The van der Waals surface area contributed by atoms with E-state index in [0.29, 0.717) is 6.10 Å². The fourth-order valence-corrected chi connectivity index (χ4v) is 6.33. The molecule has 1 fully saturated rings. The van der Waals surface area contributed by atoms with Crippen molar-refractivity contribution in [3.05, 3.63) is 60.8 Å². The highest BCUT2D eigenvalue weighted by Gasteiger charge is 2.39. The van der Waals surface area contributed by atoms with Crippen LogP contribution in [-0.2, 0) is 9.47 Å². The molecular weight excluding hydrogens is 560 g/mol. The van der Waals surface area contributed by atoms with Crippen molar-refractivity contribution in [1.82, 2.24) is 0 Å². The first-order valence-corrected chi connectivity index (χ1v) is 20.3. The molecule has 1 heterocycles. The van der Waals surface area contributed by atoms with E-state index < -0.39 is 0 Å². The molecule has 0 aromatic carbocycles. The summed E-state index contributed by atoms with van der Waals surface area (Å²) in [6.45, 7) is 7.59. The van der Waals surface area contributed by atoms with E-state index in [4.69, 9.17) is 9.47 Å². The Morgan fingerprint density at radius 1 is 0.435 bits per heavy atom. The van der Waals surface area contributed by atoms with Gasteiger partial charge in [0.15, 0.2) is 5.79 Å². The second kappa shape index (κ2) is 33.5. The summed E-state index contributed by atoms with van der Waals surface area (Å²) in [6, 6.07) is 0. The first-order valence-electron chi connectivity index (χ1n) is 20.3. The summed E-state index contributed by atoms with van der Waals surface area (Å²) >= 11 is 0. The summed E-state index contributed by atoms with van der Waals surface area (Å²) in [7, 11) is 0. The van der Waals surface area contributed by atoms with Crippen molar-refractivity contribution >= 4 is 0 Å². The Bertz CT molecular complexity index is 775. The SMILES string of the molecule is CCCCCC/C=C\C/C=C\C/C=C\CCCCC1(CCCCCCCC/C=C\C/C=C\CCCCCCC)OCC(CCC)O1. The molecule has 46 heavy (non-hydrogen) atoms. The van der Waals surface area contributed by atoms with Gasteiger partial charge in [-0.3, -0.25) is 0 Å². The van der Waals surface area contributed by atoms with Gasteiger partial charge in [0.2, 0.25) is 0 Å². The minimum atomic E-state index is -0.315. The second-order valence-corrected chi connectivity index (χ2v) is 13.8. The average molecular weight is 639 g/mol. The maximum Gasteiger partial charge on any atom is 0.168 e. The van der Waals surface area contributed by atoms with Crippen LogP contribution < -0.4 is 0 Å². The third kappa shape index (κ3) is 26.7. The van der Waals surface area contributed by atoms with Crippen molar-refractivity contribution in [1.29, 1.82) is 0 Å². The number of ether oxygens (including phenoxy) is 2. The smallest absolute Gasteiger partial charge is 0.168 e. The largest absolute Gasteiger partial charge is 0.347 e. The number of allylic oxidation sites excluding steroid dienone is 10. The van der Waals surface area contributed by atoms with Crippen LogP contribution in [0.3, 0.4) is 0 Å². The molecule has 1 aliphatic heterocycles. The molecule has 0 radical (unpaired) electrons. The predicted molar refractivity (Wildman–Crippen MR) is 206 cm³/mol. The molecule has 0 aliphatic carbocycles.